The SMILES string of the molecule is O=C(CNC1CCCS(=O)(=O)C1)N1CCCCC1. The van der Waals surface area contributed by atoms with E-state index in [1.807, 2.05) is 4.90 Å². The van der Waals surface area contributed by atoms with Crippen molar-refractivity contribution < 1.29 is 13.2 Å². The Morgan fingerprint density at radius 2 is 1.89 bits per heavy atom. The van der Waals surface area contributed by atoms with E-state index in [0.717, 1.165) is 32.4 Å². The van der Waals surface area contributed by atoms with E-state index in [4.69, 9.17) is 0 Å². The molecule has 1 unspecified atom stereocenters. The molecule has 0 aromatic rings. The van der Waals surface area contributed by atoms with E-state index in [1.54, 1.807) is 0 Å². The third-order valence-corrected chi connectivity index (χ3v) is 5.53. The summed E-state index contributed by atoms with van der Waals surface area (Å²) < 4.78 is 22.9. The van der Waals surface area contributed by atoms with Crippen LogP contribution in [0, 0.1) is 0 Å². The van der Waals surface area contributed by atoms with Gasteiger partial charge in [-0.25, -0.2) is 8.42 Å². The summed E-state index contributed by atoms with van der Waals surface area (Å²) in [6.45, 7) is 1.98. The summed E-state index contributed by atoms with van der Waals surface area (Å²) in [5.74, 6) is 0.587. The number of carbonyl (C=O) groups is 1. The highest BCUT2D eigenvalue weighted by atomic mass is 32.2. The maximum Gasteiger partial charge on any atom is 0.236 e. The molecule has 0 saturated carbocycles. The largest absolute Gasteiger partial charge is 0.342 e. The van der Waals surface area contributed by atoms with E-state index in [-0.39, 0.29) is 24.2 Å². The number of nitrogens with zero attached hydrogens (tertiary/aromatic N) is 1. The summed E-state index contributed by atoms with van der Waals surface area (Å²) in [6, 6.07) is -0.0440. The molecule has 2 aliphatic rings. The molecular weight excluding hydrogens is 252 g/mol. The fourth-order valence-electron chi connectivity index (χ4n) is 2.67. The molecular formula is C12H22N2O3S. The summed E-state index contributed by atoms with van der Waals surface area (Å²) in [4.78, 5) is 13.8. The van der Waals surface area contributed by atoms with E-state index in [1.165, 1.54) is 6.42 Å². The second kappa shape index (κ2) is 6.02. The number of hydrogen-bond acceptors (Lipinski definition) is 4. The van der Waals surface area contributed by atoms with Gasteiger partial charge in [-0.2, -0.15) is 0 Å². The topological polar surface area (TPSA) is 66.5 Å². The fraction of sp³-hybridized carbons (Fsp3) is 0.917. The number of likely N-dealkylation sites (tertiary alicyclic amines) is 1. The maximum absolute atomic E-state index is 11.9. The molecule has 18 heavy (non-hydrogen) atoms. The Labute approximate surface area is 109 Å². The summed E-state index contributed by atoms with van der Waals surface area (Å²) in [7, 11) is -2.89. The predicted octanol–water partition coefficient (Wildman–Crippen LogP) is 0.166. The van der Waals surface area contributed by atoms with Crippen molar-refractivity contribution in [1.82, 2.24) is 10.2 Å². The van der Waals surface area contributed by atoms with E-state index in [9.17, 15) is 13.2 Å². The van der Waals surface area contributed by atoms with E-state index < -0.39 is 9.84 Å². The molecule has 2 aliphatic heterocycles. The lowest BCUT2D eigenvalue weighted by Crippen LogP contribution is -2.47. The highest BCUT2D eigenvalue weighted by Gasteiger charge is 2.25. The Morgan fingerprint density at radius 1 is 1.17 bits per heavy atom. The Morgan fingerprint density at radius 3 is 2.56 bits per heavy atom. The van der Waals surface area contributed by atoms with Crippen LogP contribution in [-0.2, 0) is 14.6 Å². The van der Waals surface area contributed by atoms with Crippen LogP contribution in [0.1, 0.15) is 32.1 Å². The van der Waals surface area contributed by atoms with Crippen LogP contribution < -0.4 is 5.32 Å². The maximum atomic E-state index is 11.9. The summed E-state index contributed by atoms with van der Waals surface area (Å²) in [5.41, 5.74) is 0. The molecule has 5 nitrogen and oxygen atoms in total. The Bertz CT molecular complexity index is 388. The van der Waals surface area contributed by atoms with Crippen LogP contribution in [0.15, 0.2) is 0 Å². The van der Waals surface area contributed by atoms with E-state index >= 15 is 0 Å². The van der Waals surface area contributed by atoms with Crippen LogP contribution in [0.2, 0.25) is 0 Å². The number of piperidine rings is 1. The van der Waals surface area contributed by atoms with Gasteiger partial charge in [0.15, 0.2) is 9.84 Å². The molecule has 2 fully saturated rings. The van der Waals surface area contributed by atoms with Crippen molar-refractivity contribution in [3.8, 4) is 0 Å². The van der Waals surface area contributed by atoms with Crippen molar-refractivity contribution in [3.63, 3.8) is 0 Å². The number of carbonyl (C=O) groups excluding carboxylic acids is 1. The van der Waals surface area contributed by atoms with Crippen LogP contribution in [0.3, 0.4) is 0 Å². The first-order valence-electron chi connectivity index (χ1n) is 6.78. The van der Waals surface area contributed by atoms with Crippen LogP contribution >= 0.6 is 0 Å². The van der Waals surface area contributed by atoms with Gasteiger partial charge in [0.25, 0.3) is 0 Å². The molecule has 0 aliphatic carbocycles. The van der Waals surface area contributed by atoms with E-state index in [2.05, 4.69) is 5.32 Å². The molecule has 1 atom stereocenters. The lowest BCUT2D eigenvalue weighted by Gasteiger charge is -2.28. The molecule has 0 bridgehead atoms. The van der Waals surface area contributed by atoms with Crippen LogP contribution in [-0.4, -0.2) is 56.4 Å². The van der Waals surface area contributed by atoms with Gasteiger partial charge in [-0.1, -0.05) is 0 Å². The van der Waals surface area contributed by atoms with Crippen molar-refractivity contribution in [2.75, 3.05) is 31.1 Å². The number of nitrogens with one attached hydrogen (secondary N) is 1. The minimum atomic E-state index is -2.89. The predicted molar refractivity (Wildman–Crippen MR) is 70.1 cm³/mol. The number of rotatable bonds is 3. The zero-order chi connectivity index (χ0) is 13.0. The van der Waals surface area contributed by atoms with Gasteiger partial charge in [-0.05, 0) is 32.1 Å². The van der Waals surface area contributed by atoms with Crippen molar-refractivity contribution in [2.24, 2.45) is 0 Å². The Balaban J connectivity index is 1.75. The zero-order valence-electron chi connectivity index (χ0n) is 10.7. The van der Waals surface area contributed by atoms with Gasteiger partial charge in [0.2, 0.25) is 5.91 Å². The minimum absolute atomic E-state index is 0.0440. The highest BCUT2D eigenvalue weighted by Crippen LogP contribution is 2.12. The first-order chi connectivity index (χ1) is 8.57. The van der Waals surface area contributed by atoms with Gasteiger partial charge in [-0.15, -0.1) is 0 Å². The molecule has 0 aromatic heterocycles. The molecule has 104 valence electrons. The Hall–Kier alpha value is -0.620. The third-order valence-electron chi connectivity index (χ3n) is 3.71. The van der Waals surface area contributed by atoms with Gasteiger partial charge in [0, 0.05) is 19.1 Å². The molecule has 2 heterocycles. The van der Waals surface area contributed by atoms with Gasteiger partial charge in [-0.3, -0.25) is 4.79 Å². The van der Waals surface area contributed by atoms with Crippen molar-refractivity contribution in [1.29, 1.82) is 0 Å². The van der Waals surface area contributed by atoms with Gasteiger partial charge < -0.3 is 10.2 Å². The number of hydrogen-bond donors (Lipinski definition) is 1. The molecule has 0 aromatic carbocycles. The third kappa shape index (κ3) is 3.95. The molecule has 2 saturated heterocycles. The quantitative estimate of drug-likeness (QED) is 0.796. The molecule has 0 radical (unpaired) electrons. The smallest absolute Gasteiger partial charge is 0.236 e. The summed E-state index contributed by atoms with van der Waals surface area (Å²) in [5, 5.41) is 3.10. The second-order valence-corrected chi connectivity index (χ2v) is 7.50. The van der Waals surface area contributed by atoms with Crippen molar-refractivity contribution in [3.05, 3.63) is 0 Å². The average Bonchev–Trinajstić information content (AvgIpc) is 2.36. The highest BCUT2D eigenvalue weighted by molar-refractivity contribution is 7.91. The molecule has 1 amide bonds. The average molecular weight is 274 g/mol. The minimum Gasteiger partial charge on any atom is -0.342 e. The van der Waals surface area contributed by atoms with Crippen LogP contribution in [0.4, 0.5) is 0 Å². The molecule has 0 spiro atoms. The van der Waals surface area contributed by atoms with Crippen molar-refractivity contribution >= 4 is 15.7 Å². The van der Waals surface area contributed by atoms with Crippen LogP contribution in [0.25, 0.3) is 0 Å². The molecule has 1 N–H and O–H groups in total. The second-order valence-electron chi connectivity index (χ2n) is 5.28. The normalized spacial score (nSPS) is 28.0. The fourth-order valence-corrected chi connectivity index (χ4v) is 4.34. The van der Waals surface area contributed by atoms with Crippen LogP contribution in [0.5, 0.6) is 0 Å². The van der Waals surface area contributed by atoms with Gasteiger partial charge in [0.05, 0.1) is 18.1 Å². The molecule has 2 rings (SSSR count). The standard InChI is InChI=1S/C12H22N2O3S/c15-12(14-6-2-1-3-7-14)9-13-11-5-4-8-18(16,17)10-11/h11,13H,1-10H2. The lowest BCUT2D eigenvalue weighted by atomic mass is 10.1. The monoisotopic (exact) mass is 274 g/mol. The first kappa shape index (κ1) is 13.8. The first-order valence-corrected chi connectivity index (χ1v) is 8.60. The molecule has 6 heteroatoms. The Kier molecular flexibility index (Phi) is 4.61. The number of sulfone groups is 1. The zero-order valence-corrected chi connectivity index (χ0v) is 11.5. The van der Waals surface area contributed by atoms with E-state index in [0.29, 0.717) is 12.2 Å². The summed E-state index contributed by atoms with van der Waals surface area (Å²) >= 11 is 0. The van der Waals surface area contributed by atoms with Crippen molar-refractivity contribution in [2.45, 2.75) is 38.1 Å². The number of amides is 1. The van der Waals surface area contributed by atoms with Gasteiger partial charge in [0.1, 0.15) is 0 Å². The summed E-state index contributed by atoms with van der Waals surface area (Å²) in [6.07, 6.45) is 4.94. The lowest BCUT2D eigenvalue weighted by molar-refractivity contribution is -0.131. The van der Waals surface area contributed by atoms with Gasteiger partial charge >= 0.3 is 0 Å².